The Kier molecular flexibility index (Phi) is 6.51. The molecule has 1 N–H and O–H groups in total. The molecule has 32 heavy (non-hydrogen) atoms. The highest BCUT2D eigenvalue weighted by molar-refractivity contribution is 7.81. The van der Waals surface area contributed by atoms with Crippen molar-refractivity contribution in [2.45, 2.75) is 19.3 Å². The highest BCUT2D eigenvalue weighted by Gasteiger charge is 2.39. The van der Waals surface area contributed by atoms with Gasteiger partial charge in [-0.3, -0.25) is 24.2 Å². The molecule has 0 bridgehead atoms. The first-order chi connectivity index (χ1) is 15.4. The van der Waals surface area contributed by atoms with Crippen LogP contribution >= 0.6 is 23.8 Å². The number of hydrogen-bond donors (Lipinski definition) is 1. The van der Waals surface area contributed by atoms with Gasteiger partial charge < -0.3 is 5.32 Å². The summed E-state index contributed by atoms with van der Waals surface area (Å²) in [4.78, 5) is 42.7. The number of hydrogen-bond acceptors (Lipinski definition) is 6. The number of likely N-dealkylation sites (tertiary alicyclic amines) is 1. The number of piperidine rings is 1. The number of halogens is 1. The smallest absolute Gasteiger partial charge is 0.263 e. The number of fused-ring (bicyclic) bond motifs is 1. The predicted molar refractivity (Wildman–Crippen MR) is 124 cm³/mol. The predicted octanol–water partition coefficient (Wildman–Crippen LogP) is 3.28. The van der Waals surface area contributed by atoms with Gasteiger partial charge in [-0.2, -0.15) is 5.26 Å². The van der Waals surface area contributed by atoms with Gasteiger partial charge in [0.05, 0.1) is 35.0 Å². The Morgan fingerprint density at radius 1 is 1.25 bits per heavy atom. The summed E-state index contributed by atoms with van der Waals surface area (Å²) in [5.74, 6) is -1.03. The van der Waals surface area contributed by atoms with Crippen LogP contribution in [0.2, 0.25) is 0 Å². The second-order valence-corrected chi connectivity index (χ2v) is 8.98. The molecule has 1 aromatic rings. The van der Waals surface area contributed by atoms with Crippen LogP contribution in [0.4, 0.5) is 5.69 Å². The molecule has 0 saturated carbocycles. The fourth-order valence-electron chi connectivity index (χ4n) is 4.25. The van der Waals surface area contributed by atoms with Crippen LogP contribution in [0.15, 0.2) is 41.0 Å². The third kappa shape index (κ3) is 4.37. The first-order valence-electron chi connectivity index (χ1n) is 10.4. The monoisotopic (exact) mass is 468 g/mol. The van der Waals surface area contributed by atoms with Crippen molar-refractivity contribution in [1.29, 1.82) is 5.26 Å². The Morgan fingerprint density at radius 3 is 2.72 bits per heavy atom. The van der Waals surface area contributed by atoms with Crippen molar-refractivity contribution in [1.82, 2.24) is 9.80 Å². The van der Waals surface area contributed by atoms with E-state index in [2.05, 4.69) is 16.3 Å². The topological polar surface area (TPSA) is 93.5 Å². The van der Waals surface area contributed by atoms with Crippen molar-refractivity contribution in [2.75, 3.05) is 31.5 Å². The van der Waals surface area contributed by atoms with Crippen molar-refractivity contribution in [3.63, 3.8) is 0 Å². The number of carbonyl (C=O) groups excluding carboxylic acids is 3. The van der Waals surface area contributed by atoms with Crippen LogP contribution in [-0.2, 0) is 4.79 Å². The summed E-state index contributed by atoms with van der Waals surface area (Å²) in [6.45, 7) is 2.27. The van der Waals surface area contributed by atoms with E-state index in [-0.39, 0.29) is 34.2 Å². The molecule has 9 heteroatoms. The van der Waals surface area contributed by atoms with Gasteiger partial charge in [0.2, 0.25) is 0 Å². The molecule has 1 aromatic carbocycles. The van der Waals surface area contributed by atoms with E-state index in [0.717, 1.165) is 25.9 Å². The fourth-order valence-corrected chi connectivity index (χ4v) is 4.67. The van der Waals surface area contributed by atoms with Gasteiger partial charge in [0.1, 0.15) is 0 Å². The Hall–Kier alpha value is -2.86. The van der Waals surface area contributed by atoms with Crippen LogP contribution < -0.4 is 5.32 Å². The number of nitrogens with zero attached hydrogens (tertiary/aromatic N) is 3. The second kappa shape index (κ2) is 9.33. The van der Waals surface area contributed by atoms with Gasteiger partial charge >= 0.3 is 0 Å². The normalized spacial score (nSPS) is 19.4. The van der Waals surface area contributed by atoms with Crippen molar-refractivity contribution < 1.29 is 14.4 Å². The van der Waals surface area contributed by atoms with Crippen LogP contribution in [0.25, 0.3) is 0 Å². The number of benzene rings is 1. The molecule has 164 valence electrons. The van der Waals surface area contributed by atoms with Crippen molar-refractivity contribution >= 4 is 52.1 Å². The van der Waals surface area contributed by atoms with Crippen LogP contribution in [0.1, 0.15) is 40.0 Å². The van der Waals surface area contributed by atoms with Crippen LogP contribution in [0, 0.1) is 17.2 Å². The zero-order valence-corrected chi connectivity index (χ0v) is 18.8. The minimum atomic E-state index is -0.460. The first-order valence-corrected chi connectivity index (χ1v) is 11.2. The molecule has 3 amide bonds. The molecule has 0 spiro atoms. The van der Waals surface area contributed by atoms with Gasteiger partial charge in [0.15, 0.2) is 0 Å². The summed E-state index contributed by atoms with van der Waals surface area (Å²) in [7, 11) is 0. The summed E-state index contributed by atoms with van der Waals surface area (Å²) in [5, 5.41) is 12.0. The minimum absolute atomic E-state index is 0.184. The van der Waals surface area contributed by atoms with Gasteiger partial charge in [-0.1, -0.05) is 36.0 Å². The molecule has 4 rings (SSSR count). The first kappa shape index (κ1) is 22.3. The van der Waals surface area contributed by atoms with Crippen LogP contribution in [0.3, 0.4) is 0 Å². The molecule has 2 aliphatic heterocycles. The molecule has 1 saturated heterocycles. The maximum absolute atomic E-state index is 13.2. The third-order valence-electron chi connectivity index (χ3n) is 6.00. The van der Waals surface area contributed by atoms with E-state index in [4.69, 9.17) is 29.1 Å². The lowest BCUT2D eigenvalue weighted by Crippen LogP contribution is -2.40. The highest BCUT2D eigenvalue weighted by Crippen LogP contribution is 2.32. The number of carbonyl (C=O) groups is 3. The Bertz CT molecular complexity index is 1110. The summed E-state index contributed by atoms with van der Waals surface area (Å²) in [6, 6.07) is 7.00. The van der Waals surface area contributed by atoms with E-state index in [9.17, 15) is 14.4 Å². The Morgan fingerprint density at radius 2 is 2.00 bits per heavy atom. The van der Waals surface area contributed by atoms with E-state index in [0.29, 0.717) is 29.4 Å². The van der Waals surface area contributed by atoms with Crippen molar-refractivity contribution in [2.24, 2.45) is 5.92 Å². The number of thiocarbonyl (C=S) groups is 1. The largest absolute Gasteiger partial charge is 0.321 e. The number of imide groups is 1. The molecule has 7 nitrogen and oxygen atoms in total. The Labute approximate surface area is 196 Å². The lowest BCUT2D eigenvalue weighted by atomic mass is 9.96. The maximum atomic E-state index is 13.2. The average molecular weight is 469 g/mol. The molecule has 1 fully saturated rings. The zero-order chi connectivity index (χ0) is 22.8. The highest BCUT2D eigenvalue weighted by atomic mass is 35.5. The number of rotatable bonds is 5. The van der Waals surface area contributed by atoms with E-state index in [1.54, 1.807) is 24.3 Å². The fraction of sp³-hybridized carbons (Fsp3) is 0.348. The van der Waals surface area contributed by atoms with Gasteiger partial charge in [0, 0.05) is 22.9 Å². The quantitative estimate of drug-likeness (QED) is 0.405. The zero-order valence-electron chi connectivity index (χ0n) is 17.3. The molecule has 1 aliphatic carbocycles. The SMILES string of the molecule is N#CCN1CCC(CN2C(=O)c3cccc(NC(=O)C4=CC(Cl)=CCC4=S)c3C2=O)CC1. The number of allylic oxidation sites excluding steroid dienone is 3. The van der Waals surface area contributed by atoms with Crippen molar-refractivity contribution in [3.05, 3.63) is 52.1 Å². The lowest BCUT2D eigenvalue weighted by Gasteiger charge is -2.31. The minimum Gasteiger partial charge on any atom is -0.321 e. The third-order valence-corrected chi connectivity index (χ3v) is 6.65. The number of nitrogens with one attached hydrogen (secondary N) is 1. The molecular weight excluding hydrogens is 448 g/mol. The number of anilines is 1. The van der Waals surface area contributed by atoms with Crippen LogP contribution in [0.5, 0.6) is 0 Å². The number of amides is 3. The summed E-state index contributed by atoms with van der Waals surface area (Å²) < 4.78 is 0. The molecule has 0 radical (unpaired) electrons. The maximum Gasteiger partial charge on any atom is 0.263 e. The van der Waals surface area contributed by atoms with Gasteiger partial charge in [-0.25, -0.2) is 0 Å². The average Bonchev–Trinajstić information content (AvgIpc) is 3.02. The van der Waals surface area contributed by atoms with Crippen LogP contribution in [-0.4, -0.2) is 58.6 Å². The second-order valence-electron chi connectivity index (χ2n) is 8.06. The van der Waals surface area contributed by atoms with Gasteiger partial charge in [-0.15, -0.1) is 0 Å². The summed E-state index contributed by atoms with van der Waals surface area (Å²) in [5.41, 5.74) is 1.05. The Balaban J connectivity index is 1.50. The number of nitriles is 1. The molecule has 2 heterocycles. The standard InChI is InChI=1S/C23H21ClN4O3S/c24-15-4-5-19(32)17(12-15)21(29)26-18-3-1-2-16-20(18)23(31)28(22(16)30)13-14-6-9-27(10-7-14)11-8-25/h1-4,12,14H,5-7,9-11,13H2,(H,26,29). The molecular formula is C23H21ClN4O3S. The molecule has 0 aromatic heterocycles. The molecule has 0 unspecified atom stereocenters. The lowest BCUT2D eigenvalue weighted by molar-refractivity contribution is -0.112. The van der Waals surface area contributed by atoms with Crippen molar-refractivity contribution in [3.8, 4) is 6.07 Å². The molecule has 3 aliphatic rings. The van der Waals surface area contributed by atoms with E-state index < -0.39 is 11.8 Å². The van der Waals surface area contributed by atoms with Gasteiger partial charge in [0.25, 0.3) is 17.7 Å². The van der Waals surface area contributed by atoms with E-state index >= 15 is 0 Å². The summed E-state index contributed by atoms with van der Waals surface area (Å²) >= 11 is 11.3. The molecule has 0 atom stereocenters. The van der Waals surface area contributed by atoms with E-state index in [1.165, 1.54) is 11.0 Å². The van der Waals surface area contributed by atoms with Gasteiger partial charge in [-0.05, 0) is 50.1 Å². The van der Waals surface area contributed by atoms with E-state index in [1.807, 2.05) is 0 Å². The summed E-state index contributed by atoms with van der Waals surface area (Å²) in [6.07, 6.45) is 5.27.